The molecule has 1 heterocycles. The number of hydrogen-bond acceptors (Lipinski definition) is 2. The summed E-state index contributed by atoms with van der Waals surface area (Å²) >= 11 is 0. The molecule has 0 atom stereocenters. The van der Waals surface area contributed by atoms with Gasteiger partial charge in [0.1, 0.15) is 0 Å². The number of piperazine rings is 1. The molecule has 19 heavy (non-hydrogen) atoms. The monoisotopic (exact) mass is 266 g/mol. The minimum absolute atomic E-state index is 0.389. The van der Waals surface area contributed by atoms with Crippen LogP contribution in [0.3, 0.4) is 0 Å². The van der Waals surface area contributed by atoms with E-state index in [0.717, 1.165) is 0 Å². The van der Waals surface area contributed by atoms with Crippen molar-refractivity contribution < 1.29 is 0 Å². The molecule has 1 aliphatic heterocycles. The Labute approximate surface area is 120 Å². The van der Waals surface area contributed by atoms with Crippen molar-refractivity contribution in [3.63, 3.8) is 0 Å². The molecule has 1 saturated heterocycles. The Morgan fingerprint density at radius 2 is 1.68 bits per heavy atom. The Bertz CT molecular complexity index is 264. The van der Waals surface area contributed by atoms with Crippen molar-refractivity contribution in [1.82, 2.24) is 10.2 Å². The van der Waals surface area contributed by atoms with Gasteiger partial charge in [0, 0.05) is 24.2 Å². The van der Waals surface area contributed by atoms with Gasteiger partial charge in [-0.25, -0.2) is 0 Å². The van der Waals surface area contributed by atoms with Gasteiger partial charge in [-0.2, -0.15) is 0 Å². The summed E-state index contributed by atoms with van der Waals surface area (Å²) in [5.41, 5.74) is 0.904. The molecule has 2 aliphatic rings. The van der Waals surface area contributed by atoms with Gasteiger partial charge in [-0.05, 0) is 38.6 Å². The lowest BCUT2D eigenvalue weighted by Crippen LogP contribution is -2.69. The fraction of sp³-hybridized carbons (Fsp3) is 1.00. The van der Waals surface area contributed by atoms with Gasteiger partial charge in [-0.3, -0.25) is 4.90 Å². The number of rotatable bonds is 6. The zero-order valence-corrected chi connectivity index (χ0v) is 13.4. The average Bonchev–Trinajstić information content (AvgIpc) is 2.91. The van der Waals surface area contributed by atoms with Crippen molar-refractivity contribution in [3.05, 3.63) is 0 Å². The first-order valence-corrected chi connectivity index (χ1v) is 8.70. The topological polar surface area (TPSA) is 15.3 Å². The molecule has 1 saturated carbocycles. The first-order valence-electron chi connectivity index (χ1n) is 8.70. The van der Waals surface area contributed by atoms with Crippen LogP contribution in [0.25, 0.3) is 0 Å². The van der Waals surface area contributed by atoms with E-state index in [-0.39, 0.29) is 0 Å². The second-order valence-electron chi connectivity index (χ2n) is 6.90. The SMILES string of the molecule is CCCCCN1CC(CC)(CC)NCC12CCCC2. The van der Waals surface area contributed by atoms with E-state index >= 15 is 0 Å². The summed E-state index contributed by atoms with van der Waals surface area (Å²) in [6.07, 6.45) is 12.4. The van der Waals surface area contributed by atoms with E-state index < -0.39 is 0 Å². The number of nitrogens with one attached hydrogen (secondary N) is 1. The summed E-state index contributed by atoms with van der Waals surface area (Å²) in [6.45, 7) is 10.9. The smallest absolute Gasteiger partial charge is 0.0334 e. The Morgan fingerprint density at radius 3 is 2.26 bits per heavy atom. The predicted octanol–water partition coefficient (Wildman–Crippen LogP) is 3.95. The molecule has 0 aromatic heterocycles. The molecule has 0 amide bonds. The minimum Gasteiger partial charge on any atom is -0.308 e. The molecule has 1 N–H and O–H groups in total. The van der Waals surface area contributed by atoms with Gasteiger partial charge < -0.3 is 5.32 Å². The van der Waals surface area contributed by atoms with E-state index in [4.69, 9.17) is 0 Å². The highest BCUT2D eigenvalue weighted by Crippen LogP contribution is 2.39. The molecule has 2 rings (SSSR count). The standard InChI is InChI=1S/C17H34N2/c1-4-7-10-13-19-15-16(5-2,6-3)18-14-17(19)11-8-9-12-17/h18H,4-15H2,1-3H3. The molecule has 0 radical (unpaired) electrons. The number of unbranched alkanes of at least 4 members (excludes halogenated alkanes) is 2. The molecule has 0 aromatic rings. The predicted molar refractivity (Wildman–Crippen MR) is 83.6 cm³/mol. The van der Waals surface area contributed by atoms with Gasteiger partial charge in [0.05, 0.1) is 0 Å². The first kappa shape index (κ1) is 15.3. The number of hydrogen-bond donors (Lipinski definition) is 1. The van der Waals surface area contributed by atoms with Crippen molar-refractivity contribution >= 4 is 0 Å². The molecule has 1 aliphatic carbocycles. The van der Waals surface area contributed by atoms with Crippen LogP contribution >= 0.6 is 0 Å². The molecule has 0 bridgehead atoms. The highest BCUT2D eigenvalue weighted by Gasteiger charge is 2.46. The van der Waals surface area contributed by atoms with E-state index in [0.29, 0.717) is 11.1 Å². The van der Waals surface area contributed by atoms with Gasteiger partial charge in [0.15, 0.2) is 0 Å². The summed E-state index contributed by atoms with van der Waals surface area (Å²) in [6, 6.07) is 0. The van der Waals surface area contributed by atoms with Gasteiger partial charge in [-0.1, -0.05) is 46.5 Å². The second-order valence-corrected chi connectivity index (χ2v) is 6.90. The van der Waals surface area contributed by atoms with Gasteiger partial charge in [0.25, 0.3) is 0 Å². The van der Waals surface area contributed by atoms with Crippen LogP contribution in [-0.4, -0.2) is 35.6 Å². The summed E-state index contributed by atoms with van der Waals surface area (Å²) in [7, 11) is 0. The molecule has 2 fully saturated rings. The van der Waals surface area contributed by atoms with E-state index in [1.165, 1.54) is 77.4 Å². The van der Waals surface area contributed by atoms with Crippen molar-refractivity contribution in [3.8, 4) is 0 Å². The van der Waals surface area contributed by atoms with Crippen molar-refractivity contribution in [2.24, 2.45) is 0 Å². The van der Waals surface area contributed by atoms with Gasteiger partial charge in [0.2, 0.25) is 0 Å². The third-order valence-corrected chi connectivity index (χ3v) is 5.88. The van der Waals surface area contributed by atoms with Crippen molar-refractivity contribution in [1.29, 1.82) is 0 Å². The van der Waals surface area contributed by atoms with Crippen molar-refractivity contribution in [2.75, 3.05) is 19.6 Å². The van der Waals surface area contributed by atoms with E-state index in [9.17, 15) is 0 Å². The highest BCUT2D eigenvalue weighted by molar-refractivity contribution is 5.06. The molecule has 2 heteroatoms. The fourth-order valence-electron chi connectivity index (χ4n) is 4.17. The van der Waals surface area contributed by atoms with Gasteiger partial charge >= 0.3 is 0 Å². The minimum atomic E-state index is 0.389. The van der Waals surface area contributed by atoms with Crippen molar-refractivity contribution in [2.45, 2.75) is 89.6 Å². The average molecular weight is 266 g/mol. The van der Waals surface area contributed by atoms with Crippen LogP contribution in [0.15, 0.2) is 0 Å². The molecular weight excluding hydrogens is 232 g/mol. The Kier molecular flexibility index (Phi) is 5.30. The van der Waals surface area contributed by atoms with Crippen LogP contribution < -0.4 is 5.32 Å². The molecule has 112 valence electrons. The Morgan fingerprint density at radius 1 is 1.00 bits per heavy atom. The summed E-state index contributed by atoms with van der Waals surface area (Å²) in [4.78, 5) is 2.89. The maximum Gasteiger partial charge on any atom is 0.0334 e. The van der Waals surface area contributed by atoms with Crippen LogP contribution in [0.5, 0.6) is 0 Å². The lowest BCUT2D eigenvalue weighted by atomic mass is 9.82. The molecule has 1 spiro atoms. The summed E-state index contributed by atoms with van der Waals surface area (Å²) in [5.74, 6) is 0. The zero-order valence-electron chi connectivity index (χ0n) is 13.4. The zero-order chi connectivity index (χ0) is 13.8. The maximum absolute atomic E-state index is 3.94. The lowest BCUT2D eigenvalue weighted by molar-refractivity contribution is 0.00321. The maximum atomic E-state index is 3.94. The number of nitrogens with zero attached hydrogens (tertiary/aromatic N) is 1. The van der Waals surface area contributed by atoms with Crippen LogP contribution in [0.1, 0.15) is 78.6 Å². The second kappa shape index (κ2) is 6.58. The van der Waals surface area contributed by atoms with Crippen LogP contribution in [-0.2, 0) is 0 Å². The Hall–Kier alpha value is -0.0800. The summed E-state index contributed by atoms with van der Waals surface area (Å²) in [5, 5.41) is 3.94. The van der Waals surface area contributed by atoms with Crippen LogP contribution in [0.2, 0.25) is 0 Å². The fourth-order valence-corrected chi connectivity index (χ4v) is 4.17. The summed E-state index contributed by atoms with van der Waals surface area (Å²) < 4.78 is 0. The van der Waals surface area contributed by atoms with E-state index in [1.807, 2.05) is 0 Å². The van der Waals surface area contributed by atoms with Gasteiger partial charge in [-0.15, -0.1) is 0 Å². The molecular formula is C17H34N2. The lowest BCUT2D eigenvalue weighted by Gasteiger charge is -2.53. The first-order chi connectivity index (χ1) is 9.20. The molecule has 0 unspecified atom stereocenters. The molecule has 0 aromatic carbocycles. The third-order valence-electron chi connectivity index (χ3n) is 5.88. The van der Waals surface area contributed by atoms with E-state index in [2.05, 4.69) is 31.0 Å². The van der Waals surface area contributed by atoms with Crippen LogP contribution in [0.4, 0.5) is 0 Å². The third kappa shape index (κ3) is 3.16. The Balaban J connectivity index is 2.05. The quantitative estimate of drug-likeness (QED) is 0.732. The van der Waals surface area contributed by atoms with E-state index in [1.54, 1.807) is 0 Å². The molecule has 2 nitrogen and oxygen atoms in total. The largest absolute Gasteiger partial charge is 0.308 e. The highest BCUT2D eigenvalue weighted by atomic mass is 15.3. The normalized spacial score (nSPS) is 26.1. The van der Waals surface area contributed by atoms with Crippen LogP contribution in [0, 0.1) is 0 Å².